The number of nitrogens with zero attached hydrogens (tertiary/aromatic N) is 3. The number of carbonyl (C=O) groups is 2. The third-order valence-corrected chi connectivity index (χ3v) is 7.39. The van der Waals surface area contributed by atoms with Gasteiger partial charge in [0.15, 0.2) is 0 Å². The number of esters is 1. The number of para-hydroxylation sites is 1. The molecular formula is C27H33N3O3S. The fraction of sp³-hybridized carbons (Fsp3) is 0.444. The van der Waals surface area contributed by atoms with Crippen LogP contribution in [0.1, 0.15) is 45.1 Å². The molecule has 1 saturated heterocycles. The number of hydrogen-bond acceptors (Lipinski definition) is 6. The number of carbonyl (C=O) groups excluding carboxylic acids is 2. The van der Waals surface area contributed by atoms with E-state index in [0.29, 0.717) is 19.0 Å². The Morgan fingerprint density at radius 3 is 2.53 bits per heavy atom. The maximum Gasteiger partial charge on any atom is 0.309 e. The number of aliphatic imine (C=N–C) groups is 1. The van der Waals surface area contributed by atoms with Crippen LogP contribution in [0.25, 0.3) is 0 Å². The van der Waals surface area contributed by atoms with Crippen LogP contribution in [0.2, 0.25) is 0 Å². The van der Waals surface area contributed by atoms with Crippen molar-refractivity contribution in [1.29, 1.82) is 0 Å². The fourth-order valence-electron chi connectivity index (χ4n) is 4.36. The number of thioether (sulfide) groups is 1. The summed E-state index contributed by atoms with van der Waals surface area (Å²) in [5, 5.41) is 0. The summed E-state index contributed by atoms with van der Waals surface area (Å²) in [7, 11) is 0. The third-order valence-electron chi connectivity index (χ3n) is 6.29. The molecule has 0 aromatic heterocycles. The lowest BCUT2D eigenvalue weighted by Crippen LogP contribution is -2.45. The monoisotopic (exact) mass is 479 g/mol. The highest BCUT2D eigenvalue weighted by atomic mass is 32.2. The number of hydrogen-bond donors (Lipinski definition) is 0. The van der Waals surface area contributed by atoms with Gasteiger partial charge < -0.3 is 4.74 Å². The molecule has 1 amide bonds. The van der Waals surface area contributed by atoms with Crippen molar-refractivity contribution in [2.45, 2.75) is 44.4 Å². The van der Waals surface area contributed by atoms with Crippen molar-refractivity contribution in [2.75, 3.05) is 37.0 Å². The molecule has 7 heteroatoms. The molecule has 0 spiro atoms. The van der Waals surface area contributed by atoms with E-state index in [9.17, 15) is 9.59 Å². The number of ether oxygens (including phenoxy) is 1. The lowest BCUT2D eigenvalue weighted by molar-refractivity contribution is -0.149. The van der Waals surface area contributed by atoms with Crippen molar-refractivity contribution in [3.05, 3.63) is 54.1 Å². The van der Waals surface area contributed by atoms with E-state index in [4.69, 9.17) is 9.73 Å². The zero-order valence-electron chi connectivity index (χ0n) is 20.0. The number of anilines is 1. The van der Waals surface area contributed by atoms with E-state index in [1.807, 2.05) is 60.0 Å². The van der Waals surface area contributed by atoms with Crippen LogP contribution in [0.15, 0.2) is 58.4 Å². The highest BCUT2D eigenvalue weighted by molar-refractivity contribution is 7.99. The second kappa shape index (κ2) is 11.7. The molecule has 180 valence electrons. The standard InChI is InChI=1S/C27H33N3O3S/c1-3-5-18-34-22-12-10-21(11-13-22)28-25-23-8-6-7-9-24(23)30(26(25)31)19-29-16-14-20(15-17-29)27(32)33-4-2/h6-13,20H,3-5,14-19H2,1-2H3. The molecule has 2 aliphatic heterocycles. The van der Waals surface area contributed by atoms with Gasteiger partial charge in [-0.3, -0.25) is 19.4 Å². The van der Waals surface area contributed by atoms with E-state index in [1.165, 1.54) is 17.7 Å². The summed E-state index contributed by atoms with van der Waals surface area (Å²) in [6, 6.07) is 16.0. The van der Waals surface area contributed by atoms with Crippen molar-refractivity contribution in [2.24, 2.45) is 10.9 Å². The number of benzene rings is 2. The Labute approximate surface area is 206 Å². The molecule has 6 nitrogen and oxygen atoms in total. The number of amides is 1. The minimum absolute atomic E-state index is 0.0435. The Morgan fingerprint density at radius 1 is 1.09 bits per heavy atom. The summed E-state index contributed by atoms with van der Waals surface area (Å²) in [5.41, 5.74) is 3.04. The van der Waals surface area contributed by atoms with Gasteiger partial charge in [0.2, 0.25) is 0 Å². The Hall–Kier alpha value is -2.64. The van der Waals surface area contributed by atoms with Crippen LogP contribution in [0.4, 0.5) is 11.4 Å². The van der Waals surface area contributed by atoms with E-state index in [0.717, 1.165) is 48.6 Å². The van der Waals surface area contributed by atoms with Crippen LogP contribution >= 0.6 is 11.8 Å². The minimum Gasteiger partial charge on any atom is -0.466 e. The number of likely N-dealkylation sites (tertiary alicyclic amines) is 1. The summed E-state index contributed by atoms with van der Waals surface area (Å²) < 4.78 is 5.18. The summed E-state index contributed by atoms with van der Waals surface area (Å²) in [6.45, 7) is 6.48. The predicted octanol–water partition coefficient (Wildman–Crippen LogP) is 5.28. The number of rotatable bonds is 9. The van der Waals surface area contributed by atoms with Gasteiger partial charge in [0.25, 0.3) is 5.91 Å². The lowest BCUT2D eigenvalue weighted by Gasteiger charge is -2.33. The van der Waals surface area contributed by atoms with Crippen molar-refractivity contribution in [1.82, 2.24) is 4.90 Å². The molecule has 2 aliphatic rings. The van der Waals surface area contributed by atoms with Gasteiger partial charge in [-0.2, -0.15) is 0 Å². The predicted molar refractivity (Wildman–Crippen MR) is 138 cm³/mol. The maximum absolute atomic E-state index is 13.4. The zero-order valence-corrected chi connectivity index (χ0v) is 20.9. The van der Waals surface area contributed by atoms with Gasteiger partial charge in [-0.25, -0.2) is 4.99 Å². The second-order valence-corrected chi connectivity index (χ2v) is 9.86. The van der Waals surface area contributed by atoms with E-state index >= 15 is 0 Å². The largest absolute Gasteiger partial charge is 0.466 e. The summed E-state index contributed by atoms with van der Waals surface area (Å²) in [6.07, 6.45) is 3.91. The van der Waals surface area contributed by atoms with Crippen LogP contribution in [0.3, 0.4) is 0 Å². The Morgan fingerprint density at radius 2 is 1.82 bits per heavy atom. The van der Waals surface area contributed by atoms with Crippen LogP contribution in [-0.4, -0.2) is 54.6 Å². The van der Waals surface area contributed by atoms with Gasteiger partial charge in [0.05, 0.1) is 30.6 Å². The average molecular weight is 480 g/mol. The highest BCUT2D eigenvalue weighted by Gasteiger charge is 2.36. The van der Waals surface area contributed by atoms with Gasteiger partial charge in [-0.1, -0.05) is 31.5 Å². The normalized spacial score (nSPS) is 17.9. The summed E-state index contributed by atoms with van der Waals surface area (Å²) in [4.78, 5) is 35.5. The molecule has 0 unspecified atom stereocenters. The first-order valence-corrected chi connectivity index (χ1v) is 13.2. The molecule has 0 N–H and O–H groups in total. The van der Waals surface area contributed by atoms with Gasteiger partial charge in [0.1, 0.15) is 5.71 Å². The Balaban J connectivity index is 1.45. The van der Waals surface area contributed by atoms with Crippen LogP contribution in [0, 0.1) is 5.92 Å². The lowest BCUT2D eigenvalue weighted by atomic mass is 9.97. The first-order valence-electron chi connectivity index (χ1n) is 12.2. The SMILES string of the molecule is CCCCSc1ccc(N=C2C(=O)N(CN3CCC(C(=O)OCC)CC3)c3ccccc32)cc1. The van der Waals surface area contributed by atoms with Gasteiger partial charge in [0, 0.05) is 23.5 Å². The first kappa shape index (κ1) is 24.5. The summed E-state index contributed by atoms with van der Waals surface area (Å²) >= 11 is 1.85. The molecule has 0 radical (unpaired) electrons. The highest BCUT2D eigenvalue weighted by Crippen LogP contribution is 2.32. The smallest absolute Gasteiger partial charge is 0.309 e. The summed E-state index contributed by atoms with van der Waals surface area (Å²) in [5.74, 6) is 0.893. The topological polar surface area (TPSA) is 62.2 Å². The third kappa shape index (κ3) is 5.70. The quantitative estimate of drug-likeness (QED) is 0.278. The van der Waals surface area contributed by atoms with Crippen molar-refractivity contribution >= 4 is 40.7 Å². The minimum atomic E-state index is -0.103. The number of fused-ring (bicyclic) bond motifs is 1. The molecule has 1 fully saturated rings. The maximum atomic E-state index is 13.4. The Bertz CT molecular complexity index is 1030. The number of piperidine rings is 1. The molecule has 2 aromatic rings. The van der Waals surface area contributed by atoms with E-state index < -0.39 is 0 Å². The molecular weight excluding hydrogens is 446 g/mol. The van der Waals surface area contributed by atoms with E-state index in [1.54, 1.807) is 0 Å². The number of unbranched alkanes of at least 4 members (excludes halogenated alkanes) is 1. The van der Waals surface area contributed by atoms with E-state index in [-0.39, 0.29) is 17.8 Å². The van der Waals surface area contributed by atoms with Gasteiger partial charge in [-0.15, -0.1) is 11.8 Å². The van der Waals surface area contributed by atoms with Crippen LogP contribution in [-0.2, 0) is 14.3 Å². The molecule has 0 bridgehead atoms. The molecule has 0 aliphatic carbocycles. The molecule has 2 heterocycles. The van der Waals surface area contributed by atoms with Crippen molar-refractivity contribution < 1.29 is 14.3 Å². The zero-order chi connectivity index (χ0) is 23.9. The van der Waals surface area contributed by atoms with E-state index in [2.05, 4.69) is 24.0 Å². The molecule has 0 saturated carbocycles. The van der Waals surface area contributed by atoms with Gasteiger partial charge in [-0.05, 0) is 62.3 Å². The molecule has 34 heavy (non-hydrogen) atoms. The molecule has 4 rings (SSSR count). The fourth-order valence-corrected chi connectivity index (χ4v) is 5.36. The van der Waals surface area contributed by atoms with Crippen LogP contribution in [0.5, 0.6) is 0 Å². The molecule has 0 atom stereocenters. The average Bonchev–Trinajstić information content (AvgIpc) is 3.12. The van der Waals surface area contributed by atoms with Crippen LogP contribution < -0.4 is 4.90 Å². The first-order chi connectivity index (χ1) is 16.6. The Kier molecular flexibility index (Phi) is 8.40. The van der Waals surface area contributed by atoms with Crippen molar-refractivity contribution in [3.8, 4) is 0 Å². The van der Waals surface area contributed by atoms with Crippen molar-refractivity contribution in [3.63, 3.8) is 0 Å². The molecule has 2 aromatic carbocycles. The second-order valence-electron chi connectivity index (χ2n) is 8.69. The van der Waals surface area contributed by atoms with Gasteiger partial charge >= 0.3 is 5.97 Å².